The summed E-state index contributed by atoms with van der Waals surface area (Å²) in [4.78, 5) is 0. The molecule has 0 amide bonds. The second-order valence-corrected chi connectivity index (χ2v) is 1.95. The number of rotatable bonds is 3. The summed E-state index contributed by atoms with van der Waals surface area (Å²) in [6, 6.07) is 0. The van der Waals surface area contributed by atoms with Crippen LogP contribution in [0.15, 0.2) is 0 Å². The molecule has 0 saturated carbocycles. The number of hydrogen-bond donors (Lipinski definition) is 0. The molecule has 0 rings (SSSR count). The minimum Gasteiger partial charge on any atom is -1.00 e. The van der Waals surface area contributed by atoms with Crippen LogP contribution in [-0.2, 0) is 4.74 Å². The fourth-order valence-electron chi connectivity index (χ4n) is 0.306. The van der Waals surface area contributed by atoms with E-state index in [1.54, 1.807) is 7.11 Å². The number of methoxy groups -OCH3 is 1. The summed E-state index contributed by atoms with van der Waals surface area (Å²) in [5.41, 5.74) is 0. The Bertz CT molecular complexity index is 42.0. The third-order valence-corrected chi connectivity index (χ3v) is 0.806. The molecular weight excluding hydrogens is 148 g/mol. The van der Waals surface area contributed by atoms with Gasteiger partial charge >= 0.3 is 23.1 Å². The zero-order chi connectivity index (χ0) is 5.70. The van der Waals surface area contributed by atoms with E-state index in [2.05, 4.69) is 13.8 Å². The van der Waals surface area contributed by atoms with Gasteiger partial charge in [0.15, 0.2) is 0 Å². The van der Waals surface area contributed by atoms with Gasteiger partial charge in [-0.15, -0.1) is 0 Å². The van der Waals surface area contributed by atoms with Crippen LogP contribution >= 0.6 is 0 Å². The molecule has 9 heavy (non-hydrogen) atoms. The Morgan fingerprint density at radius 2 is 1.78 bits per heavy atom. The van der Waals surface area contributed by atoms with Crippen molar-refractivity contribution in [3.8, 4) is 0 Å². The second kappa shape index (κ2) is 11.8. The molecule has 0 spiro atoms. The van der Waals surface area contributed by atoms with Crippen molar-refractivity contribution < 1.29 is 17.1 Å². The fourth-order valence-corrected chi connectivity index (χ4v) is 0.306. The van der Waals surface area contributed by atoms with Gasteiger partial charge < -0.3 is 23.1 Å². The van der Waals surface area contributed by atoms with Crippen molar-refractivity contribution in [3.63, 3.8) is 0 Å². The molecule has 0 aromatic heterocycles. The minimum atomic E-state index is 0. The molecule has 0 unspecified atom stereocenters. The van der Waals surface area contributed by atoms with Crippen LogP contribution in [0.2, 0.25) is 0 Å². The molecule has 0 N–H and O–H groups in total. The van der Waals surface area contributed by atoms with Gasteiger partial charge in [-0.3, -0.25) is 0 Å². The molecule has 1 nitrogen and oxygen atoms in total. The molecule has 0 bridgehead atoms. The molecule has 0 aliphatic heterocycles. The van der Waals surface area contributed by atoms with E-state index >= 15 is 0 Å². The van der Waals surface area contributed by atoms with Crippen molar-refractivity contribution in [2.75, 3.05) is 13.7 Å². The first kappa shape index (κ1) is 16.5. The summed E-state index contributed by atoms with van der Waals surface area (Å²) in [5, 5.41) is 0. The second-order valence-electron chi connectivity index (χ2n) is 1.95. The Balaban J connectivity index is -0.000000180. The van der Waals surface area contributed by atoms with Crippen molar-refractivity contribution in [1.29, 1.82) is 0 Å². The third kappa shape index (κ3) is 17.6. The van der Waals surface area contributed by atoms with Gasteiger partial charge in [-0.05, 0) is 0 Å². The molecular formula is C6H13ClMgO. The number of hydrogen-bond acceptors (Lipinski definition) is 1. The van der Waals surface area contributed by atoms with E-state index in [1.807, 2.05) is 0 Å². The van der Waals surface area contributed by atoms with E-state index in [0.717, 1.165) is 13.0 Å². The molecule has 0 aliphatic rings. The Kier molecular flexibility index (Phi) is 21.6. The van der Waals surface area contributed by atoms with Crippen LogP contribution in [-0.4, -0.2) is 36.8 Å². The Hall–Kier alpha value is 1.02. The molecule has 0 aromatic carbocycles. The van der Waals surface area contributed by atoms with Crippen LogP contribution in [0.25, 0.3) is 0 Å². The maximum absolute atomic E-state index is 4.83. The first-order valence-corrected chi connectivity index (χ1v) is 2.55. The van der Waals surface area contributed by atoms with Crippen molar-refractivity contribution in [2.45, 2.75) is 20.3 Å². The van der Waals surface area contributed by atoms with Crippen molar-refractivity contribution in [2.24, 2.45) is 0 Å². The third-order valence-electron chi connectivity index (χ3n) is 0.806. The fraction of sp³-hybridized carbons (Fsp3) is 0.833. The summed E-state index contributed by atoms with van der Waals surface area (Å²) < 4.78 is 4.83. The number of halogens is 1. The van der Waals surface area contributed by atoms with Crippen LogP contribution < -0.4 is 12.4 Å². The van der Waals surface area contributed by atoms with E-state index in [0.29, 0.717) is 0 Å². The van der Waals surface area contributed by atoms with Gasteiger partial charge in [0, 0.05) is 13.7 Å². The quantitative estimate of drug-likeness (QED) is 0.352. The van der Waals surface area contributed by atoms with E-state index in [9.17, 15) is 0 Å². The van der Waals surface area contributed by atoms with Gasteiger partial charge in [0.05, 0.1) is 0 Å². The van der Waals surface area contributed by atoms with Crippen molar-refractivity contribution >= 4 is 23.1 Å². The normalized spacial score (nSPS) is 8.00. The van der Waals surface area contributed by atoms with E-state index in [4.69, 9.17) is 4.74 Å². The standard InChI is InChI=1S/C6H13O.ClH.Mg/c1-6(2)4-5-7-3;;/h4-5H2,1-3H3;1H;/q-1;;+2/p-1. The SMILES string of the molecule is COCC[C-](C)C.[Cl-].[Mg+2]. The van der Waals surface area contributed by atoms with E-state index < -0.39 is 0 Å². The molecule has 52 valence electrons. The molecule has 3 heteroatoms. The summed E-state index contributed by atoms with van der Waals surface area (Å²) >= 11 is 0. The molecule has 0 fully saturated rings. The Morgan fingerprint density at radius 1 is 1.33 bits per heavy atom. The van der Waals surface area contributed by atoms with Crippen LogP contribution in [0, 0.1) is 5.92 Å². The maximum Gasteiger partial charge on any atom is 2.00 e. The van der Waals surface area contributed by atoms with Gasteiger partial charge in [-0.25, -0.2) is 0 Å². The zero-order valence-corrected chi connectivity index (χ0v) is 8.58. The van der Waals surface area contributed by atoms with Crippen LogP contribution in [0.1, 0.15) is 20.3 Å². The molecule has 0 aliphatic carbocycles. The average Bonchev–Trinajstić information content (AvgIpc) is 1.61. The summed E-state index contributed by atoms with van der Waals surface area (Å²) in [6.45, 7) is 5.08. The summed E-state index contributed by atoms with van der Waals surface area (Å²) in [6.07, 6.45) is 1.09. The van der Waals surface area contributed by atoms with Crippen LogP contribution in [0.5, 0.6) is 0 Å². The summed E-state index contributed by atoms with van der Waals surface area (Å²) in [5.74, 6) is 1.43. The predicted octanol–water partition coefficient (Wildman–Crippen LogP) is -1.74. The molecule has 0 aromatic rings. The zero-order valence-electron chi connectivity index (χ0n) is 6.41. The largest absolute Gasteiger partial charge is 2.00 e. The van der Waals surface area contributed by atoms with Gasteiger partial charge in [-0.1, -0.05) is 0 Å². The van der Waals surface area contributed by atoms with Crippen LogP contribution in [0.3, 0.4) is 0 Å². The van der Waals surface area contributed by atoms with Gasteiger partial charge in [-0.2, -0.15) is 20.3 Å². The molecule has 0 radical (unpaired) electrons. The monoisotopic (exact) mass is 160 g/mol. The smallest absolute Gasteiger partial charge is 1.00 e. The van der Waals surface area contributed by atoms with Crippen molar-refractivity contribution in [1.82, 2.24) is 0 Å². The molecule has 0 heterocycles. The molecule has 0 atom stereocenters. The Labute approximate surface area is 80.1 Å². The topological polar surface area (TPSA) is 9.23 Å². The van der Waals surface area contributed by atoms with Crippen molar-refractivity contribution in [3.05, 3.63) is 5.92 Å². The van der Waals surface area contributed by atoms with E-state index in [1.165, 1.54) is 5.92 Å². The Morgan fingerprint density at radius 3 is 1.89 bits per heavy atom. The van der Waals surface area contributed by atoms with Gasteiger partial charge in [0.1, 0.15) is 0 Å². The van der Waals surface area contributed by atoms with Gasteiger partial charge in [0.25, 0.3) is 0 Å². The first-order chi connectivity index (χ1) is 3.27. The van der Waals surface area contributed by atoms with Gasteiger partial charge in [0.2, 0.25) is 0 Å². The predicted molar refractivity (Wildman–Crippen MR) is 36.8 cm³/mol. The first-order valence-electron chi connectivity index (χ1n) is 2.55. The maximum atomic E-state index is 4.83. The van der Waals surface area contributed by atoms with E-state index in [-0.39, 0.29) is 35.5 Å². The minimum absolute atomic E-state index is 0. The van der Waals surface area contributed by atoms with Crippen LogP contribution in [0.4, 0.5) is 0 Å². The number of ether oxygens (including phenoxy) is 1. The average molecular weight is 161 g/mol. The summed E-state index contributed by atoms with van der Waals surface area (Å²) in [7, 11) is 1.73. The molecule has 0 saturated heterocycles.